The fourth-order valence-electron chi connectivity index (χ4n) is 2.27. The van der Waals surface area contributed by atoms with Crippen molar-refractivity contribution < 1.29 is 14.0 Å². The summed E-state index contributed by atoms with van der Waals surface area (Å²) in [6.07, 6.45) is 7.27. The number of likely N-dealkylation sites (tertiary alicyclic amines) is 1. The lowest BCUT2D eigenvalue weighted by Gasteiger charge is -2.33. The van der Waals surface area contributed by atoms with Gasteiger partial charge in [-0.15, -0.1) is 0 Å². The van der Waals surface area contributed by atoms with Gasteiger partial charge in [0.1, 0.15) is 11.8 Å². The lowest BCUT2D eigenvalue weighted by atomic mass is 10.0. The van der Waals surface area contributed by atoms with Gasteiger partial charge in [0, 0.05) is 19.7 Å². The maximum absolute atomic E-state index is 12.1. The van der Waals surface area contributed by atoms with E-state index in [4.69, 9.17) is 4.42 Å². The van der Waals surface area contributed by atoms with Gasteiger partial charge in [-0.25, -0.2) is 0 Å². The smallest absolute Gasteiger partial charge is 0.247 e. The predicted octanol–water partition coefficient (Wildman–Crippen LogP) is 1.42. The highest BCUT2D eigenvalue weighted by Gasteiger charge is 2.30. The van der Waals surface area contributed by atoms with Gasteiger partial charge in [0.15, 0.2) is 0 Å². The summed E-state index contributed by atoms with van der Waals surface area (Å²) in [4.78, 5) is 25.5. The number of likely N-dealkylation sites (N-methyl/N-ethyl adjacent to an activating group) is 1. The molecule has 0 aliphatic carbocycles. The molecule has 1 aliphatic heterocycles. The SMILES string of the molecule is CNC(=O)C1CCCCN1C(=O)C=Cc1ccco1. The van der Waals surface area contributed by atoms with E-state index < -0.39 is 0 Å². The van der Waals surface area contributed by atoms with Gasteiger partial charge in [-0.1, -0.05) is 0 Å². The van der Waals surface area contributed by atoms with E-state index in [1.165, 1.54) is 6.08 Å². The highest BCUT2D eigenvalue weighted by Crippen LogP contribution is 2.18. The molecule has 19 heavy (non-hydrogen) atoms. The summed E-state index contributed by atoms with van der Waals surface area (Å²) in [7, 11) is 1.60. The van der Waals surface area contributed by atoms with Crippen LogP contribution < -0.4 is 5.32 Å². The number of rotatable bonds is 3. The minimum Gasteiger partial charge on any atom is -0.465 e. The molecule has 1 aromatic heterocycles. The number of piperidine rings is 1. The van der Waals surface area contributed by atoms with E-state index in [1.807, 2.05) is 0 Å². The summed E-state index contributed by atoms with van der Waals surface area (Å²) in [6.45, 7) is 0.624. The molecule has 2 amide bonds. The second kappa shape index (κ2) is 6.22. The molecule has 5 nitrogen and oxygen atoms in total. The van der Waals surface area contributed by atoms with Crippen LogP contribution in [-0.2, 0) is 9.59 Å². The highest BCUT2D eigenvalue weighted by atomic mass is 16.3. The van der Waals surface area contributed by atoms with Crippen molar-refractivity contribution in [1.82, 2.24) is 10.2 Å². The molecule has 1 atom stereocenters. The van der Waals surface area contributed by atoms with E-state index in [1.54, 1.807) is 36.4 Å². The molecule has 0 aromatic carbocycles. The van der Waals surface area contributed by atoms with E-state index in [2.05, 4.69) is 5.32 Å². The average molecular weight is 262 g/mol. The number of hydrogen-bond donors (Lipinski definition) is 1. The van der Waals surface area contributed by atoms with Gasteiger partial charge in [0.2, 0.25) is 11.8 Å². The van der Waals surface area contributed by atoms with Crippen molar-refractivity contribution in [2.24, 2.45) is 0 Å². The van der Waals surface area contributed by atoms with Gasteiger partial charge in [-0.3, -0.25) is 9.59 Å². The molecule has 1 saturated heterocycles. The average Bonchev–Trinajstić information content (AvgIpc) is 2.97. The molecular formula is C14H18N2O3. The van der Waals surface area contributed by atoms with Crippen LogP contribution in [0, 0.1) is 0 Å². The van der Waals surface area contributed by atoms with Gasteiger partial charge < -0.3 is 14.6 Å². The molecule has 2 rings (SSSR count). The van der Waals surface area contributed by atoms with Crippen molar-refractivity contribution in [2.75, 3.05) is 13.6 Å². The van der Waals surface area contributed by atoms with Crippen LogP contribution in [0.2, 0.25) is 0 Å². The largest absolute Gasteiger partial charge is 0.465 e. The first-order valence-electron chi connectivity index (χ1n) is 6.46. The highest BCUT2D eigenvalue weighted by molar-refractivity contribution is 5.95. The number of hydrogen-bond acceptors (Lipinski definition) is 3. The molecule has 0 radical (unpaired) electrons. The first-order valence-corrected chi connectivity index (χ1v) is 6.46. The fourth-order valence-corrected chi connectivity index (χ4v) is 2.27. The molecule has 1 aromatic rings. The Labute approximate surface area is 112 Å². The summed E-state index contributed by atoms with van der Waals surface area (Å²) in [5.74, 6) is 0.381. The van der Waals surface area contributed by atoms with Crippen LogP contribution >= 0.6 is 0 Å². The zero-order valence-corrected chi connectivity index (χ0v) is 11.0. The van der Waals surface area contributed by atoms with Gasteiger partial charge in [-0.05, 0) is 37.5 Å². The van der Waals surface area contributed by atoms with Gasteiger partial charge in [0.25, 0.3) is 0 Å². The Kier molecular flexibility index (Phi) is 4.39. The van der Waals surface area contributed by atoms with Crippen LogP contribution in [0.15, 0.2) is 28.9 Å². The van der Waals surface area contributed by atoms with E-state index in [0.717, 1.165) is 19.3 Å². The van der Waals surface area contributed by atoms with E-state index in [9.17, 15) is 9.59 Å². The number of furan rings is 1. The molecule has 0 saturated carbocycles. The Morgan fingerprint density at radius 3 is 3.00 bits per heavy atom. The zero-order chi connectivity index (χ0) is 13.7. The summed E-state index contributed by atoms with van der Waals surface area (Å²) in [5.41, 5.74) is 0. The Bertz CT molecular complexity index is 465. The number of carbonyl (C=O) groups excluding carboxylic acids is 2. The maximum Gasteiger partial charge on any atom is 0.247 e. The van der Waals surface area contributed by atoms with Crippen molar-refractivity contribution in [2.45, 2.75) is 25.3 Å². The maximum atomic E-state index is 12.1. The van der Waals surface area contributed by atoms with Crippen LogP contribution in [0.3, 0.4) is 0 Å². The molecule has 5 heteroatoms. The molecule has 1 fully saturated rings. The number of amides is 2. The van der Waals surface area contributed by atoms with Crippen LogP contribution in [-0.4, -0.2) is 36.3 Å². The third-order valence-corrected chi connectivity index (χ3v) is 3.27. The monoisotopic (exact) mass is 262 g/mol. The third-order valence-electron chi connectivity index (χ3n) is 3.27. The topological polar surface area (TPSA) is 62.6 Å². The van der Waals surface area contributed by atoms with Crippen molar-refractivity contribution in [3.8, 4) is 0 Å². The summed E-state index contributed by atoms with van der Waals surface area (Å²) in [5, 5.41) is 2.61. The third kappa shape index (κ3) is 3.24. The minimum absolute atomic E-state index is 0.0977. The molecule has 0 spiro atoms. The van der Waals surface area contributed by atoms with E-state index in [-0.39, 0.29) is 17.9 Å². The van der Waals surface area contributed by atoms with E-state index >= 15 is 0 Å². The second-order valence-electron chi connectivity index (χ2n) is 4.51. The van der Waals surface area contributed by atoms with Crippen molar-refractivity contribution in [3.63, 3.8) is 0 Å². The first-order chi connectivity index (χ1) is 9.22. The van der Waals surface area contributed by atoms with Crippen molar-refractivity contribution >= 4 is 17.9 Å². The van der Waals surface area contributed by atoms with Gasteiger partial charge in [-0.2, -0.15) is 0 Å². The molecule has 1 N–H and O–H groups in total. The summed E-state index contributed by atoms with van der Waals surface area (Å²) >= 11 is 0. The van der Waals surface area contributed by atoms with Crippen molar-refractivity contribution in [3.05, 3.63) is 30.2 Å². The van der Waals surface area contributed by atoms with Crippen LogP contribution in [0.5, 0.6) is 0 Å². The summed E-state index contributed by atoms with van der Waals surface area (Å²) in [6, 6.07) is 3.18. The lowest BCUT2D eigenvalue weighted by molar-refractivity contribution is -0.138. The normalized spacial score (nSPS) is 19.6. The van der Waals surface area contributed by atoms with Crippen LogP contribution in [0.1, 0.15) is 25.0 Å². The molecule has 2 heterocycles. The Hall–Kier alpha value is -2.04. The predicted molar refractivity (Wildman–Crippen MR) is 71.2 cm³/mol. The van der Waals surface area contributed by atoms with Crippen LogP contribution in [0.4, 0.5) is 0 Å². The molecule has 102 valence electrons. The quantitative estimate of drug-likeness (QED) is 0.838. The zero-order valence-electron chi connectivity index (χ0n) is 11.0. The van der Waals surface area contributed by atoms with Crippen LogP contribution in [0.25, 0.3) is 6.08 Å². The molecule has 1 aliphatic rings. The lowest BCUT2D eigenvalue weighted by Crippen LogP contribution is -2.50. The molecule has 1 unspecified atom stereocenters. The second-order valence-corrected chi connectivity index (χ2v) is 4.51. The number of nitrogens with zero attached hydrogens (tertiary/aromatic N) is 1. The van der Waals surface area contributed by atoms with Crippen molar-refractivity contribution in [1.29, 1.82) is 0 Å². The first kappa shape index (κ1) is 13.4. The Morgan fingerprint density at radius 1 is 1.47 bits per heavy atom. The van der Waals surface area contributed by atoms with Gasteiger partial charge >= 0.3 is 0 Å². The number of carbonyl (C=O) groups is 2. The molecular weight excluding hydrogens is 244 g/mol. The Morgan fingerprint density at radius 2 is 2.32 bits per heavy atom. The number of nitrogens with one attached hydrogen (secondary N) is 1. The standard InChI is InChI=1S/C14H18N2O3/c1-15-14(18)12-6-2-3-9-16(12)13(17)8-7-11-5-4-10-19-11/h4-5,7-8,10,12H,2-3,6,9H2,1H3,(H,15,18). The molecule has 0 bridgehead atoms. The Balaban J connectivity index is 2.05. The fraction of sp³-hybridized carbons (Fsp3) is 0.429. The van der Waals surface area contributed by atoms with Gasteiger partial charge in [0.05, 0.1) is 6.26 Å². The minimum atomic E-state index is -0.354. The summed E-state index contributed by atoms with van der Waals surface area (Å²) < 4.78 is 5.13. The van der Waals surface area contributed by atoms with E-state index in [0.29, 0.717) is 12.3 Å².